The summed E-state index contributed by atoms with van der Waals surface area (Å²) in [7, 11) is 2.70. The minimum Gasteiger partial charge on any atom is -0.489 e. The van der Waals surface area contributed by atoms with Gasteiger partial charge in [0.1, 0.15) is 0 Å². The highest BCUT2D eigenvalue weighted by molar-refractivity contribution is 6.23. The summed E-state index contributed by atoms with van der Waals surface area (Å²) >= 11 is 0. The summed E-state index contributed by atoms with van der Waals surface area (Å²) in [5.74, 6) is -0.786. The van der Waals surface area contributed by atoms with Crippen LogP contribution in [0.15, 0.2) is 77.3 Å². The molecule has 0 bridgehead atoms. The Bertz CT molecular complexity index is 1070. The maximum atomic E-state index is 12.8. The first-order valence-corrected chi connectivity index (χ1v) is 10.4. The topological polar surface area (TPSA) is 81.7 Å². The minimum atomic E-state index is -0.336. The fourth-order valence-corrected chi connectivity index (χ4v) is 3.58. The van der Waals surface area contributed by atoms with Gasteiger partial charge in [0, 0.05) is 30.5 Å². The summed E-state index contributed by atoms with van der Waals surface area (Å²) in [6.45, 7) is 2.14. The highest BCUT2D eigenvalue weighted by Gasteiger charge is 2.34. The second-order valence-electron chi connectivity index (χ2n) is 7.58. The monoisotopic (exact) mass is 433 g/mol. The number of amides is 1. The van der Waals surface area contributed by atoms with Crippen LogP contribution in [0.2, 0.25) is 0 Å². The van der Waals surface area contributed by atoms with Crippen LogP contribution >= 0.6 is 0 Å². The average molecular weight is 434 g/mol. The number of carbonyl (C=O) groups is 3. The van der Waals surface area contributed by atoms with Crippen molar-refractivity contribution in [2.75, 3.05) is 14.2 Å². The molecule has 0 unspecified atom stereocenters. The van der Waals surface area contributed by atoms with E-state index in [9.17, 15) is 14.4 Å². The van der Waals surface area contributed by atoms with Crippen LogP contribution < -0.4 is 5.32 Å². The summed E-state index contributed by atoms with van der Waals surface area (Å²) in [5.41, 5.74) is 3.76. The summed E-state index contributed by atoms with van der Waals surface area (Å²) in [6.07, 6.45) is 1.33. The van der Waals surface area contributed by atoms with Crippen LogP contribution in [-0.4, -0.2) is 31.7 Å². The molecule has 0 heterocycles. The van der Waals surface area contributed by atoms with Crippen molar-refractivity contribution in [3.05, 3.63) is 94.0 Å². The van der Waals surface area contributed by atoms with Gasteiger partial charge in [-0.1, -0.05) is 54.6 Å². The molecule has 32 heavy (non-hydrogen) atoms. The predicted octanol–water partition coefficient (Wildman–Crippen LogP) is 3.45. The Morgan fingerprint density at radius 3 is 2.03 bits per heavy atom. The van der Waals surface area contributed by atoms with Gasteiger partial charge in [0.25, 0.3) is 0 Å². The molecule has 1 amide bonds. The van der Waals surface area contributed by atoms with Crippen molar-refractivity contribution in [2.24, 2.45) is 0 Å². The number of allylic oxidation sites excluding steroid dienone is 2. The van der Waals surface area contributed by atoms with Crippen molar-refractivity contribution < 1.29 is 23.9 Å². The molecule has 2 aromatic rings. The van der Waals surface area contributed by atoms with Gasteiger partial charge in [-0.3, -0.25) is 14.4 Å². The molecular formula is C26H27NO5. The van der Waals surface area contributed by atoms with E-state index in [1.165, 1.54) is 14.2 Å². The molecule has 0 fully saturated rings. The summed E-state index contributed by atoms with van der Waals surface area (Å²) in [6, 6.07) is 17.5. The maximum absolute atomic E-state index is 12.8. The van der Waals surface area contributed by atoms with Gasteiger partial charge in [0.05, 0.1) is 14.2 Å². The number of rotatable bonds is 9. The minimum absolute atomic E-state index is 0.00199. The molecule has 0 aliphatic heterocycles. The van der Waals surface area contributed by atoms with E-state index in [1.54, 1.807) is 6.92 Å². The van der Waals surface area contributed by atoms with Gasteiger partial charge < -0.3 is 14.8 Å². The number of aryl methyl sites for hydroxylation is 1. The van der Waals surface area contributed by atoms with Gasteiger partial charge in [-0.15, -0.1) is 0 Å². The first kappa shape index (κ1) is 23.0. The summed E-state index contributed by atoms with van der Waals surface area (Å²) in [4.78, 5) is 37.4. The van der Waals surface area contributed by atoms with Gasteiger partial charge >= 0.3 is 0 Å². The lowest BCUT2D eigenvalue weighted by Gasteiger charge is -2.20. The molecule has 3 rings (SSSR count). The molecule has 0 saturated heterocycles. The average Bonchev–Trinajstić information content (AvgIpc) is 2.82. The Kier molecular flexibility index (Phi) is 7.60. The number of benzene rings is 2. The number of hydrogen-bond donors (Lipinski definition) is 1. The van der Waals surface area contributed by atoms with E-state index in [0.29, 0.717) is 37.0 Å². The quantitative estimate of drug-likeness (QED) is 0.613. The Hall–Kier alpha value is -3.67. The number of methoxy groups -OCH3 is 2. The molecule has 0 saturated carbocycles. The highest BCUT2D eigenvalue weighted by Crippen LogP contribution is 2.28. The highest BCUT2D eigenvalue weighted by atomic mass is 16.5. The van der Waals surface area contributed by atoms with Crippen LogP contribution in [0.3, 0.4) is 0 Å². The van der Waals surface area contributed by atoms with Crippen molar-refractivity contribution in [1.29, 1.82) is 0 Å². The van der Waals surface area contributed by atoms with Crippen molar-refractivity contribution in [2.45, 2.75) is 32.7 Å². The molecule has 1 aliphatic carbocycles. The Balaban J connectivity index is 1.58. The fourth-order valence-electron chi connectivity index (χ4n) is 3.58. The third-order valence-electron chi connectivity index (χ3n) is 5.47. The molecule has 6 heteroatoms. The molecule has 1 aliphatic rings. The van der Waals surface area contributed by atoms with Gasteiger partial charge in [-0.25, -0.2) is 0 Å². The molecule has 0 aromatic heterocycles. The van der Waals surface area contributed by atoms with E-state index >= 15 is 0 Å². The van der Waals surface area contributed by atoms with E-state index in [0.717, 1.165) is 16.7 Å². The van der Waals surface area contributed by atoms with E-state index in [1.807, 2.05) is 54.6 Å². The standard InChI is InChI=1S/C26H27NO5/c1-17-21(24(30)26(32-3)25(31-2)23(17)29)15-19-11-9-18(10-12-19)13-14-22(28)27-16-20-7-5-4-6-8-20/h4-12H,13-16H2,1-3H3,(H,27,28). The van der Waals surface area contributed by atoms with Gasteiger partial charge in [-0.05, 0) is 30.0 Å². The smallest absolute Gasteiger partial charge is 0.228 e. The normalized spacial score (nSPS) is 14.0. The van der Waals surface area contributed by atoms with Crippen molar-refractivity contribution in [3.63, 3.8) is 0 Å². The van der Waals surface area contributed by atoms with E-state index in [-0.39, 0.29) is 29.0 Å². The number of nitrogens with one attached hydrogen (secondary N) is 1. The number of ether oxygens (including phenoxy) is 2. The lowest BCUT2D eigenvalue weighted by Crippen LogP contribution is -2.26. The van der Waals surface area contributed by atoms with E-state index in [2.05, 4.69) is 5.32 Å². The van der Waals surface area contributed by atoms with Gasteiger partial charge in [0.2, 0.25) is 29.0 Å². The molecule has 1 N–H and O–H groups in total. The zero-order valence-corrected chi connectivity index (χ0v) is 18.6. The SMILES string of the molecule is COC1=C(OC)C(=O)C(Cc2ccc(CCC(=O)NCc3ccccc3)cc2)=C(C)C1=O. The second kappa shape index (κ2) is 10.6. The van der Waals surface area contributed by atoms with Crippen LogP contribution in [-0.2, 0) is 43.2 Å². The molecule has 0 radical (unpaired) electrons. The molecular weight excluding hydrogens is 406 g/mol. The van der Waals surface area contributed by atoms with Crippen molar-refractivity contribution in [1.82, 2.24) is 5.32 Å². The van der Waals surface area contributed by atoms with Crippen LogP contribution in [0.4, 0.5) is 0 Å². The van der Waals surface area contributed by atoms with E-state index < -0.39 is 0 Å². The van der Waals surface area contributed by atoms with E-state index in [4.69, 9.17) is 9.47 Å². The third kappa shape index (κ3) is 5.32. The van der Waals surface area contributed by atoms with Crippen LogP contribution in [0, 0.1) is 0 Å². The zero-order valence-electron chi connectivity index (χ0n) is 18.6. The predicted molar refractivity (Wildman–Crippen MR) is 121 cm³/mol. The Morgan fingerprint density at radius 2 is 1.41 bits per heavy atom. The summed E-state index contributed by atoms with van der Waals surface area (Å²) in [5, 5.41) is 2.93. The molecule has 6 nitrogen and oxygen atoms in total. The first-order chi connectivity index (χ1) is 15.4. The Labute approximate surface area is 187 Å². The molecule has 2 aromatic carbocycles. The lowest BCUT2D eigenvalue weighted by atomic mass is 9.88. The Morgan fingerprint density at radius 1 is 0.812 bits per heavy atom. The fraction of sp³-hybridized carbons (Fsp3) is 0.269. The van der Waals surface area contributed by atoms with Crippen molar-refractivity contribution in [3.8, 4) is 0 Å². The second-order valence-corrected chi connectivity index (χ2v) is 7.58. The van der Waals surface area contributed by atoms with Crippen LogP contribution in [0.25, 0.3) is 0 Å². The molecule has 0 spiro atoms. The molecule has 0 atom stereocenters. The van der Waals surface area contributed by atoms with Gasteiger partial charge in [-0.2, -0.15) is 0 Å². The van der Waals surface area contributed by atoms with Crippen LogP contribution in [0.5, 0.6) is 0 Å². The number of Topliss-reactive ketones (excluding diaryl/α,β-unsaturated/α-hetero) is 2. The largest absolute Gasteiger partial charge is 0.489 e. The number of hydrogen-bond acceptors (Lipinski definition) is 5. The van der Waals surface area contributed by atoms with Crippen LogP contribution in [0.1, 0.15) is 30.0 Å². The number of ketones is 2. The number of carbonyl (C=O) groups excluding carboxylic acids is 3. The summed E-state index contributed by atoms with van der Waals surface area (Å²) < 4.78 is 10.2. The third-order valence-corrected chi connectivity index (χ3v) is 5.47. The lowest BCUT2D eigenvalue weighted by molar-refractivity contribution is -0.121. The maximum Gasteiger partial charge on any atom is 0.228 e. The van der Waals surface area contributed by atoms with Gasteiger partial charge in [0.15, 0.2) is 0 Å². The molecule has 166 valence electrons. The first-order valence-electron chi connectivity index (χ1n) is 10.4. The van der Waals surface area contributed by atoms with Crippen molar-refractivity contribution >= 4 is 17.5 Å². The zero-order chi connectivity index (χ0) is 23.1.